The Hall–Kier alpha value is -1.51. The summed E-state index contributed by atoms with van der Waals surface area (Å²) in [5.41, 5.74) is 0.775. The summed E-state index contributed by atoms with van der Waals surface area (Å²) in [4.78, 5) is 13.5. The van der Waals surface area contributed by atoms with Gasteiger partial charge in [0.15, 0.2) is 11.5 Å². The standard InChI is InChI=1S/C10H8ClNO3/c11-8-2-1-7(5-12-6-13)9-10(8)15-4-3-14-9/h1-2H,3-5H2. The van der Waals surface area contributed by atoms with Crippen molar-refractivity contribution in [2.24, 2.45) is 4.99 Å². The molecule has 0 aromatic heterocycles. The number of aliphatic imine (C=N–C) groups is 1. The van der Waals surface area contributed by atoms with E-state index >= 15 is 0 Å². The zero-order chi connectivity index (χ0) is 10.7. The zero-order valence-electron chi connectivity index (χ0n) is 7.83. The van der Waals surface area contributed by atoms with Crippen LogP contribution in [0.4, 0.5) is 0 Å². The fraction of sp³-hybridized carbons (Fsp3) is 0.300. The second kappa shape index (κ2) is 4.34. The summed E-state index contributed by atoms with van der Waals surface area (Å²) in [6.45, 7) is 1.19. The van der Waals surface area contributed by atoms with Gasteiger partial charge in [0.1, 0.15) is 13.2 Å². The summed E-state index contributed by atoms with van der Waals surface area (Å²) in [6, 6.07) is 3.46. The van der Waals surface area contributed by atoms with Crippen molar-refractivity contribution < 1.29 is 14.3 Å². The van der Waals surface area contributed by atoms with E-state index in [1.807, 2.05) is 0 Å². The highest BCUT2D eigenvalue weighted by molar-refractivity contribution is 6.32. The summed E-state index contributed by atoms with van der Waals surface area (Å²) in [7, 11) is 0. The largest absolute Gasteiger partial charge is 0.486 e. The molecule has 2 rings (SSSR count). The van der Waals surface area contributed by atoms with Crippen molar-refractivity contribution >= 4 is 17.7 Å². The minimum atomic E-state index is 0.229. The van der Waals surface area contributed by atoms with Gasteiger partial charge in [-0.15, -0.1) is 0 Å². The molecule has 15 heavy (non-hydrogen) atoms. The molecular formula is C10H8ClNO3. The summed E-state index contributed by atoms with van der Waals surface area (Å²) < 4.78 is 10.8. The molecule has 0 amide bonds. The van der Waals surface area contributed by atoms with Crippen LogP contribution in [-0.2, 0) is 11.3 Å². The van der Waals surface area contributed by atoms with Gasteiger partial charge >= 0.3 is 0 Å². The quantitative estimate of drug-likeness (QED) is 0.571. The molecule has 0 fully saturated rings. The lowest BCUT2D eigenvalue weighted by Gasteiger charge is -2.21. The van der Waals surface area contributed by atoms with Crippen LogP contribution in [0.15, 0.2) is 17.1 Å². The number of isocyanates is 1. The van der Waals surface area contributed by atoms with Crippen LogP contribution in [0.25, 0.3) is 0 Å². The molecule has 0 saturated heterocycles. The molecule has 4 nitrogen and oxygen atoms in total. The second-order valence-electron chi connectivity index (χ2n) is 2.97. The van der Waals surface area contributed by atoms with Crippen molar-refractivity contribution in [2.75, 3.05) is 13.2 Å². The van der Waals surface area contributed by atoms with Crippen LogP contribution in [0.5, 0.6) is 11.5 Å². The SMILES string of the molecule is O=C=NCc1ccc(Cl)c2c1OCCO2. The first kappa shape index (κ1) is 10.0. The minimum absolute atomic E-state index is 0.229. The smallest absolute Gasteiger partial charge is 0.235 e. The highest BCUT2D eigenvalue weighted by Gasteiger charge is 2.18. The minimum Gasteiger partial charge on any atom is -0.486 e. The Morgan fingerprint density at radius 1 is 1.33 bits per heavy atom. The van der Waals surface area contributed by atoms with E-state index in [0.717, 1.165) is 5.56 Å². The van der Waals surface area contributed by atoms with Gasteiger partial charge < -0.3 is 9.47 Å². The van der Waals surface area contributed by atoms with E-state index < -0.39 is 0 Å². The fourth-order valence-electron chi connectivity index (χ4n) is 1.40. The molecule has 0 unspecified atom stereocenters. The number of ether oxygens (including phenoxy) is 2. The first-order chi connectivity index (χ1) is 7.33. The number of hydrogen-bond acceptors (Lipinski definition) is 4. The molecule has 0 spiro atoms. The van der Waals surface area contributed by atoms with Crippen LogP contribution in [0.3, 0.4) is 0 Å². The zero-order valence-corrected chi connectivity index (χ0v) is 8.58. The van der Waals surface area contributed by atoms with Gasteiger partial charge in [0.2, 0.25) is 6.08 Å². The predicted molar refractivity (Wildman–Crippen MR) is 54.3 cm³/mol. The number of fused-ring (bicyclic) bond motifs is 1. The lowest BCUT2D eigenvalue weighted by molar-refractivity contribution is 0.170. The van der Waals surface area contributed by atoms with Crippen LogP contribution >= 0.6 is 11.6 Å². The van der Waals surface area contributed by atoms with Gasteiger partial charge in [-0.1, -0.05) is 17.7 Å². The average Bonchev–Trinajstić information content (AvgIpc) is 2.29. The van der Waals surface area contributed by atoms with Gasteiger partial charge in [0, 0.05) is 5.56 Å². The summed E-state index contributed by atoms with van der Waals surface area (Å²) in [5.74, 6) is 1.11. The topological polar surface area (TPSA) is 47.9 Å². The molecule has 1 aromatic rings. The van der Waals surface area contributed by atoms with Gasteiger partial charge in [-0.05, 0) is 6.07 Å². The molecule has 0 atom stereocenters. The van der Waals surface area contributed by atoms with Crippen LogP contribution in [0, 0.1) is 0 Å². The number of halogens is 1. The van der Waals surface area contributed by atoms with Crippen LogP contribution < -0.4 is 9.47 Å². The maximum Gasteiger partial charge on any atom is 0.235 e. The monoisotopic (exact) mass is 225 g/mol. The van der Waals surface area contributed by atoms with Crippen molar-refractivity contribution in [2.45, 2.75) is 6.54 Å². The third kappa shape index (κ3) is 1.96. The molecule has 0 radical (unpaired) electrons. The highest BCUT2D eigenvalue weighted by atomic mass is 35.5. The van der Waals surface area contributed by atoms with Crippen molar-refractivity contribution in [1.29, 1.82) is 0 Å². The molecule has 0 aliphatic carbocycles. The molecule has 0 N–H and O–H groups in total. The van der Waals surface area contributed by atoms with Gasteiger partial charge in [-0.2, -0.15) is 0 Å². The van der Waals surface area contributed by atoms with E-state index in [9.17, 15) is 4.79 Å². The lowest BCUT2D eigenvalue weighted by Crippen LogP contribution is -2.16. The Bertz CT molecular complexity index is 427. The van der Waals surface area contributed by atoms with Crippen molar-refractivity contribution in [3.8, 4) is 11.5 Å². The maximum absolute atomic E-state index is 10.0. The number of nitrogens with zero attached hydrogens (tertiary/aromatic N) is 1. The van der Waals surface area contributed by atoms with E-state index in [-0.39, 0.29) is 6.54 Å². The average molecular weight is 226 g/mol. The Balaban J connectivity index is 2.42. The molecule has 1 heterocycles. The Morgan fingerprint density at radius 3 is 2.80 bits per heavy atom. The Morgan fingerprint density at radius 2 is 2.07 bits per heavy atom. The van der Waals surface area contributed by atoms with E-state index in [4.69, 9.17) is 21.1 Å². The molecule has 1 aromatic carbocycles. The van der Waals surface area contributed by atoms with Crippen molar-refractivity contribution in [3.63, 3.8) is 0 Å². The molecule has 1 aliphatic rings. The van der Waals surface area contributed by atoms with Gasteiger partial charge in [0.25, 0.3) is 0 Å². The van der Waals surface area contributed by atoms with Gasteiger partial charge in [0.05, 0.1) is 11.6 Å². The Labute approximate surface area is 91.5 Å². The molecule has 5 heteroatoms. The van der Waals surface area contributed by atoms with Crippen LogP contribution in [0.2, 0.25) is 5.02 Å². The second-order valence-corrected chi connectivity index (χ2v) is 3.38. The van der Waals surface area contributed by atoms with Crippen LogP contribution in [0.1, 0.15) is 5.56 Å². The number of hydrogen-bond donors (Lipinski definition) is 0. The summed E-state index contributed by atoms with van der Waals surface area (Å²) in [6.07, 6.45) is 1.48. The van der Waals surface area contributed by atoms with E-state index in [1.54, 1.807) is 12.1 Å². The fourth-order valence-corrected chi connectivity index (χ4v) is 1.60. The first-order valence-corrected chi connectivity index (χ1v) is 4.81. The van der Waals surface area contributed by atoms with E-state index in [0.29, 0.717) is 29.7 Å². The molecule has 0 saturated carbocycles. The maximum atomic E-state index is 10.0. The third-order valence-corrected chi connectivity index (χ3v) is 2.33. The lowest BCUT2D eigenvalue weighted by atomic mass is 10.2. The third-order valence-electron chi connectivity index (χ3n) is 2.04. The van der Waals surface area contributed by atoms with Gasteiger partial charge in [-0.25, -0.2) is 9.79 Å². The molecule has 0 bridgehead atoms. The number of benzene rings is 1. The normalized spacial score (nSPS) is 13.1. The van der Waals surface area contributed by atoms with Gasteiger partial charge in [-0.3, -0.25) is 0 Å². The van der Waals surface area contributed by atoms with E-state index in [2.05, 4.69) is 4.99 Å². The first-order valence-electron chi connectivity index (χ1n) is 4.43. The molecule has 1 aliphatic heterocycles. The highest BCUT2D eigenvalue weighted by Crippen LogP contribution is 2.40. The number of carbonyl (C=O) groups excluding carboxylic acids is 1. The van der Waals surface area contributed by atoms with Crippen LogP contribution in [-0.4, -0.2) is 19.3 Å². The Kier molecular flexibility index (Phi) is 2.90. The molecule has 78 valence electrons. The number of rotatable bonds is 2. The predicted octanol–water partition coefficient (Wildman–Crippen LogP) is 1.95. The molecular weight excluding hydrogens is 218 g/mol. The van der Waals surface area contributed by atoms with Crippen molar-refractivity contribution in [3.05, 3.63) is 22.7 Å². The summed E-state index contributed by atoms with van der Waals surface area (Å²) >= 11 is 5.94. The summed E-state index contributed by atoms with van der Waals surface area (Å²) in [5, 5.41) is 0.503. The van der Waals surface area contributed by atoms with E-state index in [1.165, 1.54) is 6.08 Å². The van der Waals surface area contributed by atoms with Crippen molar-refractivity contribution in [1.82, 2.24) is 0 Å².